The van der Waals surface area contributed by atoms with Gasteiger partial charge >= 0.3 is 0 Å². The molecule has 19 heavy (non-hydrogen) atoms. The fourth-order valence-electron chi connectivity index (χ4n) is 3.42. The normalized spacial score (nSPS) is 26.6. The number of nitrogens with zero attached hydrogens (tertiary/aromatic N) is 1. The van der Waals surface area contributed by atoms with E-state index in [1.807, 2.05) is 6.92 Å². The number of amides is 2. The second-order valence-electron chi connectivity index (χ2n) is 6.30. The zero-order valence-corrected chi connectivity index (χ0v) is 12.3. The fraction of sp³-hybridized carbons (Fsp3) is 0.857. The lowest BCUT2D eigenvalue weighted by Crippen LogP contribution is -2.75. The van der Waals surface area contributed by atoms with E-state index in [1.165, 1.54) is 0 Å². The van der Waals surface area contributed by atoms with E-state index in [4.69, 9.17) is 4.74 Å². The molecule has 1 aliphatic heterocycles. The molecule has 2 rings (SSSR count). The van der Waals surface area contributed by atoms with Crippen molar-refractivity contribution < 1.29 is 14.3 Å². The van der Waals surface area contributed by atoms with Crippen LogP contribution in [0.25, 0.3) is 0 Å². The van der Waals surface area contributed by atoms with E-state index in [1.54, 1.807) is 25.9 Å². The first-order valence-corrected chi connectivity index (χ1v) is 7.00. The molecular formula is C14H24N2O3. The number of nitrogens with one attached hydrogen (secondary N) is 1. The van der Waals surface area contributed by atoms with Crippen LogP contribution >= 0.6 is 0 Å². The van der Waals surface area contributed by atoms with Crippen molar-refractivity contribution in [3.63, 3.8) is 0 Å². The van der Waals surface area contributed by atoms with E-state index in [2.05, 4.69) is 5.32 Å². The van der Waals surface area contributed by atoms with Gasteiger partial charge in [-0.15, -0.1) is 0 Å². The summed E-state index contributed by atoms with van der Waals surface area (Å²) in [5.74, 6) is -0.00361. The molecule has 0 radical (unpaired) electrons. The van der Waals surface area contributed by atoms with Gasteiger partial charge in [-0.2, -0.15) is 0 Å². The summed E-state index contributed by atoms with van der Waals surface area (Å²) in [7, 11) is 1.62. The monoisotopic (exact) mass is 268 g/mol. The Morgan fingerprint density at radius 2 is 1.89 bits per heavy atom. The molecule has 0 aromatic carbocycles. The van der Waals surface area contributed by atoms with Crippen LogP contribution in [0.2, 0.25) is 0 Å². The van der Waals surface area contributed by atoms with Gasteiger partial charge in [0.25, 0.3) is 0 Å². The number of carbonyl (C=O) groups is 2. The number of hydrogen-bond donors (Lipinski definition) is 1. The predicted octanol–water partition coefficient (Wildman–Crippen LogP) is 1.07. The van der Waals surface area contributed by atoms with E-state index < -0.39 is 11.1 Å². The number of methoxy groups -OCH3 is 1. The summed E-state index contributed by atoms with van der Waals surface area (Å²) < 4.78 is 5.19. The van der Waals surface area contributed by atoms with Crippen molar-refractivity contribution in [1.82, 2.24) is 10.2 Å². The van der Waals surface area contributed by atoms with Crippen molar-refractivity contribution in [2.75, 3.05) is 13.7 Å². The third-order valence-corrected chi connectivity index (χ3v) is 4.34. The Morgan fingerprint density at radius 1 is 1.32 bits per heavy atom. The molecule has 108 valence electrons. The Bertz CT molecular complexity index is 386. The topological polar surface area (TPSA) is 58.6 Å². The van der Waals surface area contributed by atoms with E-state index in [-0.39, 0.29) is 17.9 Å². The van der Waals surface area contributed by atoms with Gasteiger partial charge < -0.3 is 15.0 Å². The molecule has 1 N–H and O–H groups in total. The van der Waals surface area contributed by atoms with Gasteiger partial charge in [0, 0.05) is 7.11 Å². The summed E-state index contributed by atoms with van der Waals surface area (Å²) >= 11 is 0. The lowest BCUT2D eigenvalue weighted by atomic mass is 9.84. The van der Waals surface area contributed by atoms with Gasteiger partial charge in [-0.05, 0) is 33.6 Å². The Morgan fingerprint density at radius 3 is 2.42 bits per heavy atom. The van der Waals surface area contributed by atoms with Crippen LogP contribution in [-0.4, -0.2) is 47.6 Å². The van der Waals surface area contributed by atoms with Crippen molar-refractivity contribution in [3.8, 4) is 0 Å². The number of carbonyl (C=O) groups excluding carboxylic acids is 2. The highest BCUT2D eigenvalue weighted by Crippen LogP contribution is 2.41. The molecule has 0 bridgehead atoms. The number of ether oxygens (including phenoxy) is 1. The molecular weight excluding hydrogens is 244 g/mol. The molecule has 1 heterocycles. The van der Waals surface area contributed by atoms with E-state index >= 15 is 0 Å². The summed E-state index contributed by atoms with van der Waals surface area (Å²) in [6.45, 7) is 5.94. The maximum atomic E-state index is 12.7. The van der Waals surface area contributed by atoms with E-state index in [0.29, 0.717) is 6.61 Å². The van der Waals surface area contributed by atoms with Crippen molar-refractivity contribution in [2.45, 2.75) is 63.6 Å². The minimum absolute atomic E-state index is 0.00134. The molecule has 2 fully saturated rings. The Balaban J connectivity index is 2.40. The van der Waals surface area contributed by atoms with Crippen LogP contribution in [0.5, 0.6) is 0 Å². The van der Waals surface area contributed by atoms with E-state index in [9.17, 15) is 9.59 Å². The van der Waals surface area contributed by atoms with Crippen LogP contribution in [0, 0.1) is 0 Å². The minimum atomic E-state index is -0.826. The van der Waals surface area contributed by atoms with Crippen molar-refractivity contribution in [2.24, 2.45) is 0 Å². The highest BCUT2D eigenvalue weighted by atomic mass is 16.5. The smallest absolute Gasteiger partial charge is 0.248 e. The van der Waals surface area contributed by atoms with Crippen LogP contribution in [0.4, 0.5) is 0 Å². The van der Waals surface area contributed by atoms with Gasteiger partial charge in [0.1, 0.15) is 11.1 Å². The SMILES string of the molecule is COCC(C)N1C(=O)C(C)(C)NC(=O)C12CCCC2. The molecule has 1 unspecified atom stereocenters. The highest BCUT2D eigenvalue weighted by molar-refractivity contribution is 6.02. The lowest BCUT2D eigenvalue weighted by Gasteiger charge is -2.51. The molecule has 1 saturated heterocycles. The quantitative estimate of drug-likeness (QED) is 0.833. The maximum Gasteiger partial charge on any atom is 0.248 e. The Kier molecular flexibility index (Phi) is 3.60. The van der Waals surface area contributed by atoms with Crippen molar-refractivity contribution >= 4 is 11.8 Å². The predicted molar refractivity (Wildman–Crippen MR) is 71.6 cm³/mol. The third kappa shape index (κ3) is 2.14. The van der Waals surface area contributed by atoms with Crippen LogP contribution in [0.1, 0.15) is 46.5 Å². The average molecular weight is 268 g/mol. The standard InChI is InChI=1S/C14H24N2O3/c1-10(9-19-4)16-12(18)13(2,3)15-11(17)14(16)7-5-6-8-14/h10H,5-9H2,1-4H3,(H,15,17). The van der Waals surface area contributed by atoms with Crippen molar-refractivity contribution in [1.29, 1.82) is 0 Å². The minimum Gasteiger partial charge on any atom is -0.383 e. The largest absolute Gasteiger partial charge is 0.383 e. The summed E-state index contributed by atoms with van der Waals surface area (Å²) in [6, 6.07) is -0.0825. The first-order chi connectivity index (χ1) is 8.85. The van der Waals surface area contributed by atoms with Crippen LogP contribution in [-0.2, 0) is 14.3 Å². The molecule has 2 aliphatic rings. The molecule has 0 aromatic heterocycles. The molecule has 5 heteroatoms. The summed E-state index contributed by atoms with van der Waals surface area (Å²) in [4.78, 5) is 27.1. The zero-order valence-electron chi connectivity index (χ0n) is 12.3. The van der Waals surface area contributed by atoms with Gasteiger partial charge in [-0.1, -0.05) is 12.8 Å². The number of rotatable bonds is 3. The maximum absolute atomic E-state index is 12.7. The summed E-state index contributed by atoms with van der Waals surface area (Å²) in [5, 5.41) is 2.89. The molecule has 1 spiro atoms. The highest BCUT2D eigenvalue weighted by Gasteiger charge is 2.57. The molecule has 5 nitrogen and oxygen atoms in total. The van der Waals surface area contributed by atoms with Gasteiger partial charge in [0.05, 0.1) is 12.6 Å². The van der Waals surface area contributed by atoms with Gasteiger partial charge in [-0.25, -0.2) is 0 Å². The first-order valence-electron chi connectivity index (χ1n) is 7.00. The molecule has 1 atom stereocenters. The molecule has 2 amide bonds. The van der Waals surface area contributed by atoms with Crippen molar-refractivity contribution in [3.05, 3.63) is 0 Å². The van der Waals surface area contributed by atoms with Gasteiger partial charge in [-0.3, -0.25) is 9.59 Å². The summed E-state index contributed by atoms with van der Waals surface area (Å²) in [5.41, 5.74) is -1.47. The summed E-state index contributed by atoms with van der Waals surface area (Å²) in [6.07, 6.45) is 3.51. The average Bonchev–Trinajstić information content (AvgIpc) is 2.77. The zero-order chi connectivity index (χ0) is 14.3. The molecule has 1 aliphatic carbocycles. The van der Waals surface area contributed by atoms with Gasteiger partial charge in [0.2, 0.25) is 11.8 Å². The Hall–Kier alpha value is -1.10. The molecule has 1 saturated carbocycles. The Labute approximate surface area is 114 Å². The van der Waals surface area contributed by atoms with E-state index in [0.717, 1.165) is 25.7 Å². The second kappa shape index (κ2) is 4.78. The van der Waals surface area contributed by atoms with Crippen LogP contribution < -0.4 is 5.32 Å². The second-order valence-corrected chi connectivity index (χ2v) is 6.30. The number of hydrogen-bond acceptors (Lipinski definition) is 3. The molecule has 0 aromatic rings. The lowest BCUT2D eigenvalue weighted by molar-refractivity contribution is -0.166. The van der Waals surface area contributed by atoms with Gasteiger partial charge in [0.15, 0.2) is 0 Å². The first kappa shape index (κ1) is 14.3. The fourth-order valence-corrected chi connectivity index (χ4v) is 3.42. The van der Waals surface area contributed by atoms with Crippen LogP contribution in [0.3, 0.4) is 0 Å². The number of piperazine rings is 1. The van der Waals surface area contributed by atoms with Crippen LogP contribution in [0.15, 0.2) is 0 Å². The third-order valence-electron chi connectivity index (χ3n) is 4.34.